The second-order valence-electron chi connectivity index (χ2n) is 4.07. The summed E-state index contributed by atoms with van der Waals surface area (Å²) < 4.78 is 18.9. The number of anilines is 1. The second kappa shape index (κ2) is 4.97. The fraction of sp³-hybridized carbons (Fsp3) is 0.0714. The van der Waals surface area contributed by atoms with Crippen molar-refractivity contribution in [2.75, 3.05) is 5.73 Å². The summed E-state index contributed by atoms with van der Waals surface area (Å²) in [5.74, 6) is -1.87. The van der Waals surface area contributed by atoms with Crippen LogP contribution in [0, 0.1) is 12.7 Å². The van der Waals surface area contributed by atoms with E-state index in [1.807, 2.05) is 0 Å². The maximum absolute atomic E-state index is 13.6. The minimum atomic E-state index is -1.18. The quantitative estimate of drug-likeness (QED) is 0.832. The molecule has 0 unspecified atom stereocenters. The van der Waals surface area contributed by atoms with Gasteiger partial charge in [-0.25, -0.2) is 9.18 Å². The number of carboxylic acids is 1. The summed E-state index contributed by atoms with van der Waals surface area (Å²) in [6.45, 7) is 1.78. The van der Waals surface area contributed by atoms with E-state index in [4.69, 9.17) is 15.6 Å². The van der Waals surface area contributed by atoms with Crippen LogP contribution in [-0.2, 0) is 0 Å². The van der Waals surface area contributed by atoms with Crippen molar-refractivity contribution in [3.05, 3.63) is 53.3 Å². The van der Waals surface area contributed by atoms with Crippen LogP contribution in [0.4, 0.5) is 10.1 Å². The van der Waals surface area contributed by atoms with Gasteiger partial charge in [0.25, 0.3) is 0 Å². The van der Waals surface area contributed by atoms with Gasteiger partial charge in [0.2, 0.25) is 0 Å². The van der Waals surface area contributed by atoms with Crippen LogP contribution < -0.4 is 10.5 Å². The van der Waals surface area contributed by atoms with Crippen LogP contribution in [0.25, 0.3) is 0 Å². The van der Waals surface area contributed by atoms with Crippen LogP contribution in [0.1, 0.15) is 15.9 Å². The number of para-hydroxylation sites is 1. The van der Waals surface area contributed by atoms with Crippen LogP contribution >= 0.6 is 0 Å². The van der Waals surface area contributed by atoms with Crippen molar-refractivity contribution in [1.29, 1.82) is 0 Å². The van der Waals surface area contributed by atoms with Crippen LogP contribution in [0.5, 0.6) is 11.5 Å². The summed E-state index contributed by atoms with van der Waals surface area (Å²) in [5, 5.41) is 9.06. The van der Waals surface area contributed by atoms with Gasteiger partial charge in [-0.15, -0.1) is 0 Å². The van der Waals surface area contributed by atoms with E-state index in [-0.39, 0.29) is 22.7 Å². The van der Waals surface area contributed by atoms with Gasteiger partial charge in [0.05, 0.1) is 5.69 Å². The molecule has 2 aromatic rings. The van der Waals surface area contributed by atoms with E-state index in [2.05, 4.69) is 0 Å². The van der Waals surface area contributed by atoms with Crippen molar-refractivity contribution in [3.8, 4) is 11.5 Å². The number of carboxylic acid groups (broad SMARTS) is 1. The molecule has 3 N–H and O–H groups in total. The lowest BCUT2D eigenvalue weighted by Crippen LogP contribution is -2.03. The number of aromatic carboxylic acids is 1. The number of rotatable bonds is 3. The Labute approximate surface area is 109 Å². The molecule has 2 aromatic carbocycles. The van der Waals surface area contributed by atoms with Crippen molar-refractivity contribution < 1.29 is 19.0 Å². The summed E-state index contributed by atoms with van der Waals surface area (Å²) in [6.07, 6.45) is 0. The molecule has 5 heteroatoms. The Morgan fingerprint density at radius 2 is 2.05 bits per heavy atom. The zero-order valence-corrected chi connectivity index (χ0v) is 10.2. The molecule has 0 aromatic heterocycles. The van der Waals surface area contributed by atoms with Gasteiger partial charge in [-0.3, -0.25) is 0 Å². The van der Waals surface area contributed by atoms with Crippen molar-refractivity contribution in [3.63, 3.8) is 0 Å². The Kier molecular flexibility index (Phi) is 3.37. The maximum Gasteiger partial charge on any atom is 0.339 e. The van der Waals surface area contributed by atoms with Gasteiger partial charge in [-0.2, -0.15) is 0 Å². The third kappa shape index (κ3) is 2.65. The number of ether oxygens (including phenoxy) is 1. The molecule has 0 radical (unpaired) electrons. The fourth-order valence-corrected chi connectivity index (χ4v) is 1.64. The molecule has 0 fully saturated rings. The third-order valence-corrected chi connectivity index (χ3v) is 2.57. The average molecular weight is 261 g/mol. The largest absolute Gasteiger partial charge is 0.478 e. The SMILES string of the molecule is Cc1ccc(F)c(Oc2c(N)cccc2C(=O)O)c1. The Balaban J connectivity index is 2.49. The fourth-order valence-electron chi connectivity index (χ4n) is 1.64. The maximum atomic E-state index is 13.6. The summed E-state index contributed by atoms with van der Waals surface area (Å²) >= 11 is 0. The molecule has 98 valence electrons. The van der Waals surface area contributed by atoms with Gasteiger partial charge in [0, 0.05) is 0 Å². The molecule has 0 aliphatic carbocycles. The zero-order valence-electron chi connectivity index (χ0n) is 10.2. The molecule has 0 aliphatic heterocycles. The van der Waals surface area contributed by atoms with Gasteiger partial charge >= 0.3 is 5.97 Å². The van der Waals surface area contributed by atoms with E-state index in [1.165, 1.54) is 30.3 Å². The number of aryl methyl sites for hydroxylation is 1. The topological polar surface area (TPSA) is 72.5 Å². The summed E-state index contributed by atoms with van der Waals surface area (Å²) in [4.78, 5) is 11.1. The van der Waals surface area contributed by atoms with Crippen molar-refractivity contribution in [2.24, 2.45) is 0 Å². The van der Waals surface area contributed by atoms with Gasteiger partial charge < -0.3 is 15.6 Å². The Bertz CT molecular complexity index is 641. The summed E-state index contributed by atoms with van der Waals surface area (Å²) in [7, 11) is 0. The molecule has 0 spiro atoms. The highest BCUT2D eigenvalue weighted by Crippen LogP contribution is 2.33. The second-order valence-corrected chi connectivity index (χ2v) is 4.07. The van der Waals surface area contributed by atoms with E-state index in [9.17, 15) is 9.18 Å². The molecular formula is C14H12FNO3. The lowest BCUT2D eigenvalue weighted by Gasteiger charge is -2.12. The highest BCUT2D eigenvalue weighted by Gasteiger charge is 2.16. The first-order chi connectivity index (χ1) is 8.99. The minimum absolute atomic E-state index is 0.0552. The number of halogens is 1. The lowest BCUT2D eigenvalue weighted by molar-refractivity contribution is 0.0694. The normalized spacial score (nSPS) is 10.2. The molecule has 2 rings (SSSR count). The average Bonchev–Trinajstić information content (AvgIpc) is 2.35. The van der Waals surface area contributed by atoms with Gasteiger partial charge in [0.1, 0.15) is 5.56 Å². The molecule has 0 saturated heterocycles. The Morgan fingerprint density at radius 1 is 1.32 bits per heavy atom. The predicted octanol–water partition coefficient (Wildman–Crippen LogP) is 3.21. The number of benzene rings is 2. The molecule has 0 aliphatic rings. The summed E-state index contributed by atoms with van der Waals surface area (Å²) in [5.41, 5.74) is 6.51. The standard InChI is InChI=1S/C14H12FNO3/c1-8-5-6-10(15)12(7-8)19-13-9(14(17)18)3-2-4-11(13)16/h2-7H,16H2,1H3,(H,17,18). The first kappa shape index (κ1) is 12.9. The molecular weight excluding hydrogens is 249 g/mol. The van der Waals surface area contributed by atoms with E-state index >= 15 is 0 Å². The van der Waals surface area contributed by atoms with Crippen molar-refractivity contribution in [2.45, 2.75) is 6.92 Å². The smallest absolute Gasteiger partial charge is 0.339 e. The highest BCUT2D eigenvalue weighted by atomic mass is 19.1. The third-order valence-electron chi connectivity index (χ3n) is 2.57. The zero-order chi connectivity index (χ0) is 14.0. The minimum Gasteiger partial charge on any atom is -0.478 e. The number of carbonyl (C=O) groups is 1. The van der Waals surface area contributed by atoms with Crippen molar-refractivity contribution >= 4 is 11.7 Å². The molecule has 4 nitrogen and oxygen atoms in total. The van der Waals surface area contributed by atoms with E-state index in [0.717, 1.165) is 5.56 Å². The van der Waals surface area contributed by atoms with Crippen LogP contribution in [0.2, 0.25) is 0 Å². The van der Waals surface area contributed by atoms with E-state index in [0.29, 0.717) is 0 Å². The molecule has 0 bridgehead atoms. The van der Waals surface area contributed by atoms with Crippen LogP contribution in [-0.4, -0.2) is 11.1 Å². The van der Waals surface area contributed by atoms with Crippen LogP contribution in [0.3, 0.4) is 0 Å². The first-order valence-corrected chi connectivity index (χ1v) is 5.55. The summed E-state index contributed by atoms with van der Waals surface area (Å²) in [6, 6.07) is 8.67. The number of hydrogen-bond acceptors (Lipinski definition) is 3. The molecule has 0 heterocycles. The molecule has 0 amide bonds. The number of nitrogen functional groups attached to an aromatic ring is 1. The van der Waals surface area contributed by atoms with Gasteiger partial charge in [-0.1, -0.05) is 12.1 Å². The van der Waals surface area contributed by atoms with Crippen molar-refractivity contribution in [1.82, 2.24) is 0 Å². The van der Waals surface area contributed by atoms with Gasteiger partial charge in [-0.05, 0) is 36.8 Å². The molecule has 0 atom stereocenters. The number of nitrogens with two attached hydrogens (primary N) is 1. The van der Waals surface area contributed by atoms with Crippen LogP contribution in [0.15, 0.2) is 36.4 Å². The molecule has 0 saturated carbocycles. The highest BCUT2D eigenvalue weighted by molar-refractivity contribution is 5.93. The first-order valence-electron chi connectivity index (χ1n) is 5.55. The van der Waals surface area contributed by atoms with Gasteiger partial charge in [0.15, 0.2) is 17.3 Å². The Morgan fingerprint density at radius 3 is 2.74 bits per heavy atom. The Hall–Kier alpha value is -2.56. The van der Waals surface area contributed by atoms with E-state index < -0.39 is 11.8 Å². The van der Waals surface area contributed by atoms with E-state index in [1.54, 1.807) is 13.0 Å². The predicted molar refractivity (Wildman–Crippen MR) is 69.0 cm³/mol. The monoisotopic (exact) mass is 261 g/mol. The molecule has 19 heavy (non-hydrogen) atoms. The number of hydrogen-bond donors (Lipinski definition) is 2. The lowest BCUT2D eigenvalue weighted by atomic mass is 10.1.